The van der Waals surface area contributed by atoms with Crippen LogP contribution in [0.3, 0.4) is 0 Å². The molecule has 28 heavy (non-hydrogen) atoms. The maximum absolute atomic E-state index is 5.64. The number of ether oxygens (including phenoxy) is 1. The van der Waals surface area contributed by atoms with Gasteiger partial charge in [-0.1, -0.05) is 18.2 Å². The van der Waals surface area contributed by atoms with Crippen LogP contribution in [-0.2, 0) is 17.8 Å². The van der Waals surface area contributed by atoms with Crippen molar-refractivity contribution in [1.29, 1.82) is 0 Å². The molecular formula is C23H28N4O. The largest absolute Gasteiger partial charge is 0.376 e. The standard InChI is InChI=1S/C23H28N4O/c1-17(20-4-3-19-6-12-28-16-21(19)13-20)25-8-10-26(11-9-25)22-5-7-27-18(2)24-15-23(27)14-22/h3-5,7,13-15,17H,6,8-12,16H2,1-2H3. The molecule has 0 spiro atoms. The van der Waals surface area contributed by atoms with Crippen LogP contribution >= 0.6 is 0 Å². The van der Waals surface area contributed by atoms with Crippen molar-refractivity contribution >= 4 is 11.2 Å². The van der Waals surface area contributed by atoms with E-state index < -0.39 is 0 Å². The van der Waals surface area contributed by atoms with Crippen molar-refractivity contribution in [3.8, 4) is 0 Å². The van der Waals surface area contributed by atoms with Crippen LogP contribution in [0.25, 0.3) is 5.52 Å². The Morgan fingerprint density at radius 1 is 1.04 bits per heavy atom. The molecule has 1 atom stereocenters. The normalized spacial score (nSPS) is 19.0. The van der Waals surface area contributed by atoms with Crippen molar-refractivity contribution in [1.82, 2.24) is 14.3 Å². The second-order valence-corrected chi connectivity index (χ2v) is 8.01. The number of hydrogen-bond donors (Lipinski definition) is 0. The third-order valence-corrected chi connectivity index (χ3v) is 6.41. The summed E-state index contributed by atoms with van der Waals surface area (Å²) < 4.78 is 7.79. The lowest BCUT2D eigenvalue weighted by atomic mass is 9.97. The first-order valence-electron chi connectivity index (χ1n) is 10.3. The van der Waals surface area contributed by atoms with E-state index in [-0.39, 0.29) is 0 Å². The topological polar surface area (TPSA) is 33.0 Å². The van der Waals surface area contributed by atoms with Gasteiger partial charge in [0.1, 0.15) is 5.82 Å². The summed E-state index contributed by atoms with van der Waals surface area (Å²) in [5.74, 6) is 1.04. The third kappa shape index (κ3) is 3.19. The van der Waals surface area contributed by atoms with Crippen molar-refractivity contribution in [3.05, 3.63) is 65.2 Å². The first-order valence-corrected chi connectivity index (χ1v) is 10.3. The molecule has 0 saturated carbocycles. The number of aromatic nitrogens is 2. The molecule has 146 valence electrons. The molecule has 1 fully saturated rings. The first kappa shape index (κ1) is 17.7. The SMILES string of the molecule is Cc1ncc2cc(N3CCN(C(C)c4ccc5c(c4)COCC5)CC3)ccn12. The van der Waals surface area contributed by atoms with Gasteiger partial charge in [-0.25, -0.2) is 4.98 Å². The molecule has 0 aliphatic carbocycles. The number of fused-ring (bicyclic) bond motifs is 2. The van der Waals surface area contributed by atoms with Crippen molar-refractivity contribution < 1.29 is 4.74 Å². The van der Waals surface area contributed by atoms with Crippen LogP contribution in [0.1, 0.15) is 35.5 Å². The zero-order chi connectivity index (χ0) is 19.1. The molecule has 1 unspecified atom stereocenters. The third-order valence-electron chi connectivity index (χ3n) is 6.41. The molecule has 2 aliphatic rings. The van der Waals surface area contributed by atoms with Gasteiger partial charge in [0.2, 0.25) is 0 Å². The lowest BCUT2D eigenvalue weighted by Crippen LogP contribution is -2.47. The summed E-state index contributed by atoms with van der Waals surface area (Å²) >= 11 is 0. The number of piperazine rings is 1. The Hall–Kier alpha value is -2.37. The molecule has 0 radical (unpaired) electrons. The second-order valence-electron chi connectivity index (χ2n) is 8.01. The highest BCUT2D eigenvalue weighted by Gasteiger charge is 2.23. The van der Waals surface area contributed by atoms with Crippen LogP contribution in [0.2, 0.25) is 0 Å². The minimum Gasteiger partial charge on any atom is -0.376 e. The summed E-state index contributed by atoms with van der Waals surface area (Å²) in [4.78, 5) is 9.50. The zero-order valence-corrected chi connectivity index (χ0v) is 16.8. The van der Waals surface area contributed by atoms with E-state index in [0.717, 1.165) is 51.6 Å². The van der Waals surface area contributed by atoms with E-state index in [1.807, 2.05) is 13.1 Å². The van der Waals surface area contributed by atoms with Crippen LogP contribution in [-0.4, -0.2) is 47.1 Å². The summed E-state index contributed by atoms with van der Waals surface area (Å²) in [7, 11) is 0. The lowest BCUT2D eigenvalue weighted by Gasteiger charge is -2.39. The Morgan fingerprint density at radius 3 is 2.75 bits per heavy atom. The van der Waals surface area contributed by atoms with E-state index in [1.165, 1.54) is 27.9 Å². The van der Waals surface area contributed by atoms with Crippen molar-refractivity contribution in [2.75, 3.05) is 37.7 Å². The van der Waals surface area contributed by atoms with Crippen molar-refractivity contribution in [3.63, 3.8) is 0 Å². The number of pyridine rings is 1. The number of benzene rings is 1. The van der Waals surface area contributed by atoms with Gasteiger partial charge in [0.15, 0.2) is 0 Å². The summed E-state index contributed by atoms with van der Waals surface area (Å²) in [6, 6.07) is 11.9. The Bertz CT molecular complexity index is 987. The quantitative estimate of drug-likeness (QED) is 0.699. The molecule has 0 bridgehead atoms. The van der Waals surface area contributed by atoms with Gasteiger partial charge >= 0.3 is 0 Å². The van der Waals surface area contributed by atoms with Crippen molar-refractivity contribution in [2.45, 2.75) is 32.9 Å². The summed E-state index contributed by atoms with van der Waals surface area (Å²) in [5.41, 5.74) is 6.71. The van der Waals surface area contributed by atoms with E-state index >= 15 is 0 Å². The number of anilines is 1. The maximum atomic E-state index is 5.64. The predicted molar refractivity (Wildman–Crippen MR) is 112 cm³/mol. The Labute approximate surface area is 166 Å². The van der Waals surface area contributed by atoms with Gasteiger partial charge in [-0.3, -0.25) is 4.90 Å². The van der Waals surface area contributed by atoms with Crippen LogP contribution in [0.4, 0.5) is 5.69 Å². The summed E-state index contributed by atoms with van der Waals surface area (Å²) in [6.07, 6.45) is 5.14. The van der Waals surface area contributed by atoms with Crippen LogP contribution in [0.5, 0.6) is 0 Å². The molecule has 0 amide bonds. The van der Waals surface area contributed by atoms with Crippen molar-refractivity contribution in [2.24, 2.45) is 0 Å². The molecule has 1 saturated heterocycles. The number of hydrogen-bond acceptors (Lipinski definition) is 4. The fraction of sp³-hybridized carbons (Fsp3) is 0.435. The average molecular weight is 377 g/mol. The van der Waals surface area contributed by atoms with E-state index in [1.54, 1.807) is 0 Å². The molecule has 5 nitrogen and oxygen atoms in total. The fourth-order valence-corrected chi connectivity index (χ4v) is 4.55. The predicted octanol–water partition coefficient (Wildman–Crippen LogP) is 3.60. The van der Waals surface area contributed by atoms with Gasteiger partial charge in [-0.15, -0.1) is 0 Å². The van der Waals surface area contributed by atoms with Gasteiger partial charge in [-0.2, -0.15) is 0 Å². The zero-order valence-electron chi connectivity index (χ0n) is 16.8. The van der Waals surface area contributed by atoms with Gasteiger partial charge in [0, 0.05) is 44.1 Å². The van der Waals surface area contributed by atoms with Crippen LogP contribution in [0.15, 0.2) is 42.7 Å². The van der Waals surface area contributed by atoms with Gasteiger partial charge < -0.3 is 14.0 Å². The van der Waals surface area contributed by atoms with Crippen LogP contribution < -0.4 is 4.90 Å². The molecule has 2 aromatic heterocycles. The highest BCUT2D eigenvalue weighted by Crippen LogP contribution is 2.27. The molecule has 5 heteroatoms. The number of aryl methyl sites for hydroxylation is 1. The molecular weight excluding hydrogens is 348 g/mol. The minimum absolute atomic E-state index is 0.439. The first-order chi connectivity index (χ1) is 13.7. The lowest BCUT2D eigenvalue weighted by molar-refractivity contribution is 0.110. The van der Waals surface area contributed by atoms with E-state index in [2.05, 4.69) is 62.6 Å². The Kier molecular flexibility index (Phi) is 4.57. The molecule has 5 rings (SSSR count). The highest BCUT2D eigenvalue weighted by molar-refractivity contribution is 5.59. The van der Waals surface area contributed by atoms with E-state index in [4.69, 9.17) is 4.74 Å². The molecule has 0 N–H and O–H groups in total. The van der Waals surface area contributed by atoms with Gasteiger partial charge in [0.05, 0.1) is 24.9 Å². The van der Waals surface area contributed by atoms with Gasteiger partial charge in [-0.05, 0) is 49.1 Å². The van der Waals surface area contributed by atoms with E-state index in [9.17, 15) is 0 Å². The van der Waals surface area contributed by atoms with Gasteiger partial charge in [0.25, 0.3) is 0 Å². The van der Waals surface area contributed by atoms with E-state index in [0.29, 0.717) is 6.04 Å². The number of nitrogens with zero attached hydrogens (tertiary/aromatic N) is 4. The Morgan fingerprint density at radius 2 is 1.89 bits per heavy atom. The van der Waals surface area contributed by atoms with Crippen LogP contribution in [0, 0.1) is 6.92 Å². The molecule has 1 aromatic carbocycles. The maximum Gasteiger partial charge on any atom is 0.110 e. The Balaban J connectivity index is 1.27. The smallest absolute Gasteiger partial charge is 0.110 e. The summed E-state index contributed by atoms with van der Waals surface area (Å²) in [6.45, 7) is 10.3. The molecule has 4 heterocycles. The number of rotatable bonds is 3. The molecule has 3 aromatic rings. The highest BCUT2D eigenvalue weighted by atomic mass is 16.5. The number of imidazole rings is 1. The minimum atomic E-state index is 0.439. The fourth-order valence-electron chi connectivity index (χ4n) is 4.55. The molecule has 2 aliphatic heterocycles. The second kappa shape index (κ2) is 7.22. The average Bonchev–Trinajstić information content (AvgIpc) is 3.13. The monoisotopic (exact) mass is 376 g/mol. The summed E-state index contributed by atoms with van der Waals surface area (Å²) in [5, 5.41) is 0.